The number of H-pyrrole nitrogens is 1. The molecule has 3 aromatic rings. The van der Waals surface area contributed by atoms with Gasteiger partial charge >= 0.3 is 5.97 Å². The number of furan rings is 1. The van der Waals surface area contributed by atoms with Crippen LogP contribution in [-0.2, 0) is 6.42 Å². The maximum absolute atomic E-state index is 12.2. The predicted octanol–water partition coefficient (Wildman–Crippen LogP) is 3.85. The normalized spacial score (nSPS) is 10.8. The number of amides is 1. The van der Waals surface area contributed by atoms with Crippen LogP contribution in [0.15, 0.2) is 52.9 Å². The molecule has 0 aliphatic carbocycles. The first-order chi connectivity index (χ1) is 13.5. The molecule has 3 rings (SSSR count). The second-order valence-corrected chi connectivity index (χ2v) is 6.65. The minimum absolute atomic E-state index is 0.0470. The smallest absolute Gasteiger partial charge is 0.371 e. The van der Waals surface area contributed by atoms with E-state index in [1.165, 1.54) is 12.1 Å². The topological polar surface area (TPSA) is 99.4 Å². The minimum atomic E-state index is -1.18. The second-order valence-electron chi connectivity index (χ2n) is 6.65. The van der Waals surface area contributed by atoms with Crippen molar-refractivity contribution in [3.63, 3.8) is 0 Å². The summed E-state index contributed by atoms with van der Waals surface area (Å²) in [6.45, 7) is 0.584. The van der Waals surface area contributed by atoms with Crippen molar-refractivity contribution in [1.29, 1.82) is 0 Å². The van der Waals surface area contributed by atoms with Gasteiger partial charge in [0.25, 0.3) is 5.91 Å². The highest BCUT2D eigenvalue weighted by molar-refractivity contribution is 5.93. The second kappa shape index (κ2) is 9.03. The summed E-state index contributed by atoms with van der Waals surface area (Å²) in [6, 6.07) is 14.8. The molecule has 1 amide bonds. The average Bonchev–Trinajstić information content (AvgIpc) is 3.37. The summed E-state index contributed by atoms with van der Waals surface area (Å²) in [4.78, 5) is 24.6. The molecule has 0 atom stereocenters. The molecule has 0 bridgehead atoms. The Labute approximate surface area is 163 Å². The van der Waals surface area contributed by atoms with E-state index in [-0.39, 0.29) is 17.4 Å². The van der Waals surface area contributed by atoms with Gasteiger partial charge < -0.3 is 14.4 Å². The molecular formula is C21H23N3O4. The number of carbonyl (C=O) groups is 2. The molecule has 0 saturated heterocycles. The lowest BCUT2D eigenvalue weighted by atomic mass is 10.1. The molecule has 7 heteroatoms. The number of carbonyl (C=O) groups excluding carboxylic acids is 1. The standard InChI is InChI=1S/C21H23N3O4/c1-24(20(25)18-11-12-19(28-18)21(26)27)13-7-3-6-10-16-14-17(23-22-16)15-8-4-2-5-9-15/h2,4-5,8-9,11-12,14H,3,6-7,10,13H2,1H3,(H,22,23)(H,26,27). The number of nitrogens with zero attached hydrogens (tertiary/aromatic N) is 2. The van der Waals surface area contributed by atoms with Gasteiger partial charge in [0.1, 0.15) is 0 Å². The minimum Gasteiger partial charge on any atom is -0.475 e. The zero-order valence-electron chi connectivity index (χ0n) is 15.7. The van der Waals surface area contributed by atoms with Crippen LogP contribution in [0.2, 0.25) is 0 Å². The zero-order valence-corrected chi connectivity index (χ0v) is 15.7. The Balaban J connectivity index is 1.39. The number of aromatic carboxylic acids is 1. The van der Waals surface area contributed by atoms with Gasteiger partial charge in [0, 0.05) is 24.8 Å². The Morgan fingerprint density at radius 3 is 2.54 bits per heavy atom. The molecule has 146 valence electrons. The molecule has 0 unspecified atom stereocenters. The number of rotatable bonds is 9. The highest BCUT2D eigenvalue weighted by atomic mass is 16.4. The quantitative estimate of drug-likeness (QED) is 0.549. The molecule has 0 aliphatic rings. The van der Waals surface area contributed by atoms with E-state index >= 15 is 0 Å². The van der Waals surface area contributed by atoms with Crippen LogP contribution in [0, 0.1) is 0 Å². The number of benzene rings is 1. The molecule has 0 fully saturated rings. The van der Waals surface area contributed by atoms with Crippen molar-refractivity contribution in [1.82, 2.24) is 15.1 Å². The first-order valence-corrected chi connectivity index (χ1v) is 9.23. The number of aromatic nitrogens is 2. The van der Waals surface area contributed by atoms with Crippen LogP contribution in [0.4, 0.5) is 0 Å². The van der Waals surface area contributed by atoms with Gasteiger partial charge in [-0.25, -0.2) is 4.79 Å². The molecule has 0 aliphatic heterocycles. The van der Waals surface area contributed by atoms with E-state index in [2.05, 4.69) is 16.3 Å². The fourth-order valence-electron chi connectivity index (χ4n) is 2.95. The molecule has 0 radical (unpaired) electrons. The van der Waals surface area contributed by atoms with Crippen molar-refractivity contribution < 1.29 is 19.1 Å². The first-order valence-electron chi connectivity index (χ1n) is 9.23. The van der Waals surface area contributed by atoms with Crippen LogP contribution in [0.3, 0.4) is 0 Å². The highest BCUT2D eigenvalue weighted by Crippen LogP contribution is 2.18. The largest absolute Gasteiger partial charge is 0.475 e. The van der Waals surface area contributed by atoms with Crippen LogP contribution < -0.4 is 0 Å². The molecule has 7 nitrogen and oxygen atoms in total. The summed E-state index contributed by atoms with van der Waals surface area (Å²) < 4.78 is 5.05. The van der Waals surface area contributed by atoms with E-state index in [1.54, 1.807) is 11.9 Å². The number of aryl methyl sites for hydroxylation is 1. The van der Waals surface area contributed by atoms with Gasteiger partial charge in [-0.3, -0.25) is 9.89 Å². The summed E-state index contributed by atoms with van der Waals surface area (Å²) in [6.07, 6.45) is 3.71. The summed E-state index contributed by atoms with van der Waals surface area (Å²) in [5, 5.41) is 16.3. The Hall–Kier alpha value is -3.35. The van der Waals surface area contributed by atoms with E-state index < -0.39 is 5.97 Å². The Morgan fingerprint density at radius 1 is 1.07 bits per heavy atom. The molecular weight excluding hydrogens is 358 g/mol. The van der Waals surface area contributed by atoms with E-state index in [0.29, 0.717) is 6.54 Å². The van der Waals surface area contributed by atoms with Gasteiger partial charge in [-0.15, -0.1) is 0 Å². The SMILES string of the molecule is CN(CCCCCc1cc(-c2ccccc2)n[nH]1)C(=O)c1ccc(C(=O)O)o1. The number of hydrogen-bond donors (Lipinski definition) is 2. The van der Waals surface area contributed by atoms with Gasteiger partial charge in [0.2, 0.25) is 5.76 Å². The maximum Gasteiger partial charge on any atom is 0.371 e. The van der Waals surface area contributed by atoms with Gasteiger partial charge in [-0.1, -0.05) is 36.8 Å². The van der Waals surface area contributed by atoms with Crippen LogP contribution in [-0.4, -0.2) is 45.7 Å². The molecule has 2 aromatic heterocycles. The number of aromatic amines is 1. The number of carboxylic acid groups (broad SMARTS) is 1. The first kappa shape index (κ1) is 19.4. The van der Waals surface area contributed by atoms with Gasteiger partial charge in [0.05, 0.1) is 5.69 Å². The van der Waals surface area contributed by atoms with Crippen molar-refractivity contribution >= 4 is 11.9 Å². The fraction of sp³-hybridized carbons (Fsp3) is 0.286. The van der Waals surface area contributed by atoms with Crippen molar-refractivity contribution in [2.24, 2.45) is 0 Å². The summed E-state index contributed by atoms with van der Waals surface area (Å²) in [5.41, 5.74) is 3.13. The van der Waals surface area contributed by atoms with Crippen molar-refractivity contribution in [3.05, 3.63) is 65.7 Å². The number of carboxylic acids is 1. The number of nitrogens with one attached hydrogen (secondary N) is 1. The van der Waals surface area contributed by atoms with E-state index in [4.69, 9.17) is 9.52 Å². The van der Waals surface area contributed by atoms with Crippen LogP contribution >= 0.6 is 0 Å². The van der Waals surface area contributed by atoms with Crippen molar-refractivity contribution in [2.45, 2.75) is 25.7 Å². The third-order valence-electron chi connectivity index (χ3n) is 4.51. The zero-order chi connectivity index (χ0) is 19.9. The van der Waals surface area contributed by atoms with E-state index in [0.717, 1.165) is 42.6 Å². The summed E-state index contributed by atoms with van der Waals surface area (Å²) in [5.74, 6) is -1.68. The monoisotopic (exact) mass is 381 g/mol. The Morgan fingerprint density at radius 2 is 1.82 bits per heavy atom. The number of unbranched alkanes of at least 4 members (excludes halogenated alkanes) is 2. The average molecular weight is 381 g/mol. The molecule has 28 heavy (non-hydrogen) atoms. The molecule has 1 aromatic carbocycles. The Kier molecular flexibility index (Phi) is 6.26. The molecule has 2 N–H and O–H groups in total. The lowest BCUT2D eigenvalue weighted by molar-refractivity contribution is 0.0653. The molecule has 2 heterocycles. The van der Waals surface area contributed by atoms with E-state index in [9.17, 15) is 9.59 Å². The summed E-state index contributed by atoms with van der Waals surface area (Å²) in [7, 11) is 1.69. The van der Waals surface area contributed by atoms with Crippen LogP contribution in [0.1, 0.15) is 46.1 Å². The lowest BCUT2D eigenvalue weighted by Crippen LogP contribution is -2.27. The van der Waals surface area contributed by atoms with Gasteiger partial charge in [-0.2, -0.15) is 5.10 Å². The lowest BCUT2D eigenvalue weighted by Gasteiger charge is -2.15. The van der Waals surface area contributed by atoms with Crippen LogP contribution in [0.5, 0.6) is 0 Å². The third kappa shape index (κ3) is 4.88. The van der Waals surface area contributed by atoms with Gasteiger partial charge in [-0.05, 0) is 37.5 Å². The Bertz CT molecular complexity index is 930. The van der Waals surface area contributed by atoms with Crippen molar-refractivity contribution in [3.8, 4) is 11.3 Å². The third-order valence-corrected chi connectivity index (χ3v) is 4.51. The van der Waals surface area contributed by atoms with Crippen molar-refractivity contribution in [2.75, 3.05) is 13.6 Å². The highest BCUT2D eigenvalue weighted by Gasteiger charge is 2.18. The van der Waals surface area contributed by atoms with Crippen LogP contribution in [0.25, 0.3) is 11.3 Å². The molecule has 0 spiro atoms. The van der Waals surface area contributed by atoms with E-state index in [1.807, 2.05) is 30.3 Å². The maximum atomic E-state index is 12.2. The summed E-state index contributed by atoms with van der Waals surface area (Å²) >= 11 is 0. The predicted molar refractivity (Wildman–Crippen MR) is 104 cm³/mol. The van der Waals surface area contributed by atoms with Gasteiger partial charge in [0.15, 0.2) is 5.76 Å². The molecule has 0 saturated carbocycles. The number of hydrogen-bond acceptors (Lipinski definition) is 4. The fourth-order valence-corrected chi connectivity index (χ4v) is 2.95.